The summed E-state index contributed by atoms with van der Waals surface area (Å²) >= 11 is 0. The smallest absolute Gasteiger partial charge is 0.260 e. The average Bonchev–Trinajstić information content (AvgIpc) is 3.16. The van der Waals surface area contributed by atoms with E-state index in [0.717, 1.165) is 52.9 Å². The molecule has 7 heteroatoms. The van der Waals surface area contributed by atoms with Crippen molar-refractivity contribution in [3.05, 3.63) is 53.2 Å². The number of nitrogens with one attached hydrogen (secondary N) is 1. The molecule has 1 N–H and O–H groups in total. The van der Waals surface area contributed by atoms with Gasteiger partial charge in [0.1, 0.15) is 0 Å². The van der Waals surface area contributed by atoms with Crippen LogP contribution in [0.25, 0.3) is 33.7 Å². The van der Waals surface area contributed by atoms with Gasteiger partial charge in [-0.25, -0.2) is 0 Å². The third-order valence-electron chi connectivity index (χ3n) is 5.02. The zero-order valence-corrected chi connectivity index (χ0v) is 15.2. The van der Waals surface area contributed by atoms with Crippen LogP contribution in [0.3, 0.4) is 0 Å². The number of pyridine rings is 3. The lowest BCUT2D eigenvalue weighted by atomic mass is 9.95. The highest BCUT2D eigenvalue weighted by atomic mass is 16.5. The highest BCUT2D eigenvalue weighted by Crippen LogP contribution is 2.31. The van der Waals surface area contributed by atoms with Crippen LogP contribution in [0.15, 0.2) is 35.2 Å². The van der Waals surface area contributed by atoms with Crippen molar-refractivity contribution in [2.24, 2.45) is 0 Å². The Morgan fingerprint density at radius 1 is 1.11 bits per heavy atom. The predicted molar refractivity (Wildman–Crippen MR) is 101 cm³/mol. The maximum Gasteiger partial charge on any atom is 0.260 e. The molecule has 5 rings (SSSR count). The molecule has 0 spiro atoms. The second kappa shape index (κ2) is 6.21. The molecule has 4 aromatic rings. The van der Waals surface area contributed by atoms with Gasteiger partial charge in [0.2, 0.25) is 5.82 Å². The molecular weight excluding hydrogens is 340 g/mol. The Hall–Kier alpha value is -3.19. The van der Waals surface area contributed by atoms with Gasteiger partial charge in [-0.2, -0.15) is 4.98 Å². The van der Waals surface area contributed by atoms with E-state index < -0.39 is 0 Å². The fourth-order valence-electron chi connectivity index (χ4n) is 3.63. The monoisotopic (exact) mass is 358 g/mol. The van der Waals surface area contributed by atoms with Gasteiger partial charge in [-0.05, 0) is 50.1 Å². The van der Waals surface area contributed by atoms with E-state index in [1.54, 1.807) is 12.4 Å². The normalized spacial score (nSPS) is 13.7. The molecule has 1 aliphatic heterocycles. The summed E-state index contributed by atoms with van der Waals surface area (Å²) in [6, 6.07) is 3.89. The van der Waals surface area contributed by atoms with Gasteiger partial charge in [0, 0.05) is 41.8 Å². The van der Waals surface area contributed by atoms with Crippen LogP contribution >= 0.6 is 0 Å². The Morgan fingerprint density at radius 2 is 2.04 bits per heavy atom. The van der Waals surface area contributed by atoms with Gasteiger partial charge < -0.3 is 9.84 Å². The molecule has 1 aliphatic rings. The molecule has 5 heterocycles. The molecule has 0 fully saturated rings. The van der Waals surface area contributed by atoms with Crippen molar-refractivity contribution in [1.29, 1.82) is 0 Å². The lowest BCUT2D eigenvalue weighted by Gasteiger charge is -2.19. The summed E-state index contributed by atoms with van der Waals surface area (Å²) in [5, 5.41) is 8.58. The molecule has 134 valence electrons. The molecule has 0 radical (unpaired) electrons. The van der Waals surface area contributed by atoms with Crippen LogP contribution in [0.1, 0.15) is 22.5 Å². The minimum Gasteiger partial charge on any atom is -0.334 e. The minimum atomic E-state index is 0.465. The largest absolute Gasteiger partial charge is 0.334 e. The Bertz CT molecular complexity index is 1170. The quantitative estimate of drug-likeness (QED) is 0.589. The molecule has 0 aromatic carbocycles. The number of hydrogen-bond acceptors (Lipinski definition) is 7. The summed E-state index contributed by atoms with van der Waals surface area (Å²) in [4.78, 5) is 18.0. The van der Waals surface area contributed by atoms with E-state index >= 15 is 0 Å². The van der Waals surface area contributed by atoms with Gasteiger partial charge in [0.05, 0.1) is 16.8 Å². The number of aryl methyl sites for hydroxylation is 2. The first-order chi connectivity index (χ1) is 13.2. The average molecular weight is 358 g/mol. The summed E-state index contributed by atoms with van der Waals surface area (Å²) < 4.78 is 5.62. The van der Waals surface area contributed by atoms with Gasteiger partial charge >= 0.3 is 0 Å². The molecule has 27 heavy (non-hydrogen) atoms. The summed E-state index contributed by atoms with van der Waals surface area (Å²) in [5.41, 5.74) is 6.92. The van der Waals surface area contributed by atoms with E-state index in [0.29, 0.717) is 11.7 Å². The minimum absolute atomic E-state index is 0.465. The van der Waals surface area contributed by atoms with E-state index in [-0.39, 0.29) is 0 Å². The fourth-order valence-corrected chi connectivity index (χ4v) is 3.63. The summed E-state index contributed by atoms with van der Waals surface area (Å²) in [7, 11) is 0. The van der Waals surface area contributed by atoms with Gasteiger partial charge in [-0.3, -0.25) is 15.0 Å². The summed E-state index contributed by atoms with van der Waals surface area (Å²) in [5.74, 6) is 1.05. The fraction of sp³-hybridized carbons (Fsp3) is 0.250. The standard InChI is InChI=1S/C20H18N6O/c1-11-16(7-13-8-22-6-4-17(13)24-11)20-25-19(26-27-20)18-12(2)23-10-14-9-21-5-3-15(14)18/h4,6-8,10,21H,3,5,9H2,1-2H3. The number of rotatable bonds is 2. The molecule has 0 saturated carbocycles. The third-order valence-corrected chi connectivity index (χ3v) is 5.02. The molecule has 0 saturated heterocycles. The van der Waals surface area contributed by atoms with Crippen molar-refractivity contribution in [2.75, 3.05) is 6.54 Å². The van der Waals surface area contributed by atoms with Gasteiger partial charge in [-0.1, -0.05) is 5.16 Å². The molecule has 0 unspecified atom stereocenters. The molecule has 0 bridgehead atoms. The van der Waals surface area contributed by atoms with Gasteiger partial charge in [0.25, 0.3) is 5.89 Å². The maximum absolute atomic E-state index is 5.62. The highest BCUT2D eigenvalue weighted by molar-refractivity contribution is 5.82. The van der Waals surface area contributed by atoms with E-state index in [2.05, 4.69) is 30.4 Å². The highest BCUT2D eigenvalue weighted by Gasteiger charge is 2.22. The van der Waals surface area contributed by atoms with Crippen LogP contribution in [0.4, 0.5) is 0 Å². The van der Waals surface area contributed by atoms with E-state index in [9.17, 15) is 0 Å². The summed E-state index contributed by atoms with van der Waals surface area (Å²) in [6.45, 7) is 5.69. The number of aromatic nitrogens is 5. The van der Waals surface area contributed by atoms with Gasteiger partial charge in [0.15, 0.2) is 0 Å². The number of hydrogen-bond donors (Lipinski definition) is 1. The van der Waals surface area contributed by atoms with Crippen molar-refractivity contribution in [3.8, 4) is 22.8 Å². The van der Waals surface area contributed by atoms with Crippen LogP contribution in [0, 0.1) is 13.8 Å². The van der Waals surface area contributed by atoms with Crippen molar-refractivity contribution < 1.29 is 4.52 Å². The van der Waals surface area contributed by atoms with Gasteiger partial charge in [-0.15, -0.1) is 0 Å². The second-order valence-electron chi connectivity index (χ2n) is 6.76. The SMILES string of the molecule is Cc1nc2ccncc2cc1-c1nc(-c2c(C)ncc3c2CCNC3)no1. The molecule has 7 nitrogen and oxygen atoms in total. The van der Waals surface area contributed by atoms with Crippen molar-refractivity contribution >= 4 is 10.9 Å². The Labute approximate surface area is 155 Å². The lowest BCUT2D eigenvalue weighted by molar-refractivity contribution is 0.432. The molecule has 0 aliphatic carbocycles. The number of nitrogens with zero attached hydrogens (tertiary/aromatic N) is 5. The van der Waals surface area contributed by atoms with E-state index in [1.807, 2.05) is 32.2 Å². The Morgan fingerprint density at radius 3 is 2.96 bits per heavy atom. The topological polar surface area (TPSA) is 89.6 Å². The predicted octanol–water partition coefficient (Wildman–Crippen LogP) is 3.00. The Balaban J connectivity index is 1.63. The zero-order valence-electron chi connectivity index (χ0n) is 15.2. The van der Waals surface area contributed by atoms with Crippen LogP contribution < -0.4 is 5.32 Å². The van der Waals surface area contributed by atoms with Crippen LogP contribution in [-0.2, 0) is 13.0 Å². The lowest BCUT2D eigenvalue weighted by Crippen LogP contribution is -2.24. The van der Waals surface area contributed by atoms with Crippen molar-refractivity contribution in [2.45, 2.75) is 26.8 Å². The van der Waals surface area contributed by atoms with E-state index in [1.165, 1.54) is 11.1 Å². The first-order valence-corrected chi connectivity index (χ1v) is 8.94. The third kappa shape index (κ3) is 2.67. The molecular formula is C20H18N6O. The maximum atomic E-state index is 5.62. The van der Waals surface area contributed by atoms with Crippen LogP contribution in [0.2, 0.25) is 0 Å². The number of fused-ring (bicyclic) bond motifs is 2. The first-order valence-electron chi connectivity index (χ1n) is 8.94. The zero-order chi connectivity index (χ0) is 18.4. The van der Waals surface area contributed by atoms with Crippen LogP contribution in [0.5, 0.6) is 0 Å². The molecule has 0 amide bonds. The second-order valence-corrected chi connectivity index (χ2v) is 6.76. The summed E-state index contributed by atoms with van der Waals surface area (Å²) in [6.07, 6.45) is 6.39. The van der Waals surface area contributed by atoms with Crippen molar-refractivity contribution in [3.63, 3.8) is 0 Å². The molecule has 0 atom stereocenters. The molecule has 4 aromatic heterocycles. The Kier molecular flexibility index (Phi) is 3.68. The van der Waals surface area contributed by atoms with Crippen molar-refractivity contribution in [1.82, 2.24) is 30.4 Å². The van der Waals surface area contributed by atoms with E-state index in [4.69, 9.17) is 4.52 Å². The first kappa shape index (κ1) is 16.0. The van der Waals surface area contributed by atoms with Crippen LogP contribution in [-0.4, -0.2) is 31.6 Å².